The molecule has 1 aliphatic heterocycles. The normalized spacial score (nSPS) is 25.4. The number of likely N-dealkylation sites (tertiary alicyclic amines) is 1. The Bertz CT molecular complexity index is 392. The zero-order valence-corrected chi connectivity index (χ0v) is 11.6. The highest BCUT2D eigenvalue weighted by molar-refractivity contribution is 5.31. The second-order valence-electron chi connectivity index (χ2n) is 5.36. The van der Waals surface area contributed by atoms with E-state index in [1.54, 1.807) is 7.11 Å². The molecule has 1 fully saturated rings. The largest absolute Gasteiger partial charge is 0.497 e. The zero-order valence-electron chi connectivity index (χ0n) is 11.6. The molecule has 18 heavy (non-hydrogen) atoms. The molecule has 1 saturated heterocycles. The third-order valence-corrected chi connectivity index (χ3v) is 3.82. The van der Waals surface area contributed by atoms with Crippen molar-refractivity contribution in [2.45, 2.75) is 44.8 Å². The first-order valence-electron chi connectivity index (χ1n) is 6.78. The van der Waals surface area contributed by atoms with Crippen molar-refractivity contribution in [3.63, 3.8) is 0 Å². The maximum Gasteiger partial charge on any atom is 0.119 e. The molecule has 3 heteroatoms. The number of methoxy groups -OCH3 is 1. The highest BCUT2D eigenvalue weighted by atomic mass is 16.5. The first-order chi connectivity index (χ1) is 8.63. The molecule has 2 N–H and O–H groups in total. The average Bonchev–Trinajstić information content (AvgIpc) is 2.38. The number of benzene rings is 1. The van der Waals surface area contributed by atoms with E-state index < -0.39 is 0 Å². The predicted octanol–water partition coefficient (Wildman–Crippen LogP) is 2.57. The molecule has 1 heterocycles. The van der Waals surface area contributed by atoms with Crippen LogP contribution in [-0.2, 0) is 0 Å². The summed E-state index contributed by atoms with van der Waals surface area (Å²) in [6, 6.07) is 9.36. The molecule has 0 amide bonds. The summed E-state index contributed by atoms with van der Waals surface area (Å²) in [6.45, 7) is 5.61. The van der Waals surface area contributed by atoms with Crippen LogP contribution in [0.3, 0.4) is 0 Å². The van der Waals surface area contributed by atoms with Gasteiger partial charge in [0.25, 0.3) is 0 Å². The first-order valence-corrected chi connectivity index (χ1v) is 6.78. The van der Waals surface area contributed by atoms with E-state index in [0.717, 1.165) is 18.7 Å². The van der Waals surface area contributed by atoms with E-state index >= 15 is 0 Å². The van der Waals surface area contributed by atoms with Gasteiger partial charge >= 0.3 is 0 Å². The Morgan fingerprint density at radius 2 is 2.17 bits per heavy atom. The Balaban J connectivity index is 2.30. The van der Waals surface area contributed by atoms with Crippen LogP contribution >= 0.6 is 0 Å². The summed E-state index contributed by atoms with van der Waals surface area (Å²) in [4.78, 5) is 2.50. The van der Waals surface area contributed by atoms with Crippen LogP contribution in [0.5, 0.6) is 5.75 Å². The van der Waals surface area contributed by atoms with Crippen molar-refractivity contribution in [3.05, 3.63) is 29.8 Å². The van der Waals surface area contributed by atoms with Crippen LogP contribution in [-0.4, -0.2) is 30.6 Å². The summed E-state index contributed by atoms with van der Waals surface area (Å²) in [5, 5.41) is 0. The molecular formula is C15H24N2O. The molecule has 100 valence electrons. The van der Waals surface area contributed by atoms with Gasteiger partial charge in [0.15, 0.2) is 0 Å². The summed E-state index contributed by atoms with van der Waals surface area (Å²) in [7, 11) is 1.71. The predicted molar refractivity (Wildman–Crippen MR) is 74.8 cm³/mol. The molecule has 2 rings (SSSR count). The van der Waals surface area contributed by atoms with Crippen LogP contribution in [0.1, 0.15) is 38.3 Å². The van der Waals surface area contributed by atoms with Crippen molar-refractivity contribution >= 4 is 0 Å². The number of hydrogen-bond acceptors (Lipinski definition) is 3. The van der Waals surface area contributed by atoms with Gasteiger partial charge in [-0.15, -0.1) is 0 Å². The Morgan fingerprint density at radius 3 is 2.83 bits per heavy atom. The van der Waals surface area contributed by atoms with Gasteiger partial charge in [-0.3, -0.25) is 4.90 Å². The molecule has 2 unspecified atom stereocenters. The maximum atomic E-state index is 6.35. The highest BCUT2D eigenvalue weighted by Gasteiger charge is 2.31. The Hall–Kier alpha value is -1.06. The monoisotopic (exact) mass is 248 g/mol. The molecule has 0 saturated carbocycles. The molecule has 0 aliphatic carbocycles. The van der Waals surface area contributed by atoms with E-state index in [-0.39, 0.29) is 6.04 Å². The van der Waals surface area contributed by atoms with Crippen molar-refractivity contribution in [2.24, 2.45) is 5.73 Å². The van der Waals surface area contributed by atoms with E-state index in [1.807, 2.05) is 12.1 Å². The SMILES string of the molecule is COc1cccc(C2C(N)CCCN2C(C)C)c1. The van der Waals surface area contributed by atoms with Gasteiger partial charge in [-0.2, -0.15) is 0 Å². The Kier molecular flexibility index (Phi) is 4.25. The Labute approximate surface area is 110 Å². The van der Waals surface area contributed by atoms with E-state index in [9.17, 15) is 0 Å². The molecule has 1 aromatic rings. The second-order valence-corrected chi connectivity index (χ2v) is 5.36. The quantitative estimate of drug-likeness (QED) is 0.893. The van der Waals surface area contributed by atoms with Crippen molar-refractivity contribution in [1.29, 1.82) is 0 Å². The van der Waals surface area contributed by atoms with Gasteiger partial charge < -0.3 is 10.5 Å². The van der Waals surface area contributed by atoms with Gasteiger partial charge in [-0.25, -0.2) is 0 Å². The third-order valence-electron chi connectivity index (χ3n) is 3.82. The average molecular weight is 248 g/mol. The number of nitrogens with two attached hydrogens (primary N) is 1. The lowest BCUT2D eigenvalue weighted by Crippen LogP contribution is -2.48. The van der Waals surface area contributed by atoms with Gasteiger partial charge in [-0.1, -0.05) is 12.1 Å². The lowest BCUT2D eigenvalue weighted by molar-refractivity contribution is 0.0945. The van der Waals surface area contributed by atoms with Gasteiger partial charge in [0.1, 0.15) is 5.75 Å². The van der Waals surface area contributed by atoms with E-state index in [1.165, 1.54) is 12.0 Å². The fourth-order valence-corrected chi connectivity index (χ4v) is 2.90. The molecule has 0 bridgehead atoms. The standard InChI is InChI=1S/C15H24N2O/c1-11(2)17-9-5-8-14(16)15(17)12-6-4-7-13(10-12)18-3/h4,6-7,10-11,14-15H,5,8-9,16H2,1-3H3. The van der Waals surface area contributed by atoms with Crippen LogP contribution in [0.4, 0.5) is 0 Å². The van der Waals surface area contributed by atoms with Crippen molar-refractivity contribution in [2.75, 3.05) is 13.7 Å². The minimum absolute atomic E-state index is 0.216. The number of nitrogens with zero attached hydrogens (tertiary/aromatic N) is 1. The van der Waals surface area contributed by atoms with Crippen LogP contribution in [0.25, 0.3) is 0 Å². The smallest absolute Gasteiger partial charge is 0.119 e. The van der Waals surface area contributed by atoms with Gasteiger partial charge in [0.2, 0.25) is 0 Å². The summed E-state index contributed by atoms with van der Waals surface area (Å²) < 4.78 is 5.32. The number of ether oxygens (including phenoxy) is 1. The van der Waals surface area contributed by atoms with Crippen molar-refractivity contribution < 1.29 is 4.74 Å². The first kappa shape index (κ1) is 13.4. The molecule has 1 aromatic carbocycles. The van der Waals surface area contributed by atoms with Crippen molar-refractivity contribution in [1.82, 2.24) is 4.90 Å². The van der Waals surface area contributed by atoms with E-state index in [0.29, 0.717) is 12.1 Å². The summed E-state index contributed by atoms with van der Waals surface area (Å²) >= 11 is 0. The molecular weight excluding hydrogens is 224 g/mol. The Morgan fingerprint density at radius 1 is 1.39 bits per heavy atom. The van der Waals surface area contributed by atoms with Crippen LogP contribution in [0.2, 0.25) is 0 Å². The second kappa shape index (κ2) is 5.72. The fraction of sp³-hybridized carbons (Fsp3) is 0.600. The van der Waals surface area contributed by atoms with Crippen LogP contribution in [0.15, 0.2) is 24.3 Å². The van der Waals surface area contributed by atoms with Gasteiger partial charge in [0.05, 0.1) is 13.2 Å². The van der Waals surface area contributed by atoms with Gasteiger partial charge in [0, 0.05) is 12.1 Å². The molecule has 0 radical (unpaired) electrons. The zero-order chi connectivity index (χ0) is 13.1. The topological polar surface area (TPSA) is 38.5 Å². The minimum atomic E-state index is 0.216. The number of rotatable bonds is 3. The molecule has 1 aliphatic rings. The maximum absolute atomic E-state index is 6.35. The molecule has 0 spiro atoms. The summed E-state index contributed by atoms with van der Waals surface area (Å²) in [6.07, 6.45) is 2.30. The molecule has 0 aromatic heterocycles. The van der Waals surface area contributed by atoms with Crippen LogP contribution < -0.4 is 10.5 Å². The molecule has 2 atom stereocenters. The lowest BCUT2D eigenvalue weighted by atomic mass is 9.90. The van der Waals surface area contributed by atoms with Crippen LogP contribution in [0, 0.1) is 0 Å². The third kappa shape index (κ3) is 2.68. The summed E-state index contributed by atoms with van der Waals surface area (Å²) in [5.41, 5.74) is 7.62. The van der Waals surface area contributed by atoms with Crippen molar-refractivity contribution in [3.8, 4) is 5.75 Å². The van der Waals surface area contributed by atoms with Gasteiger partial charge in [-0.05, 0) is 50.9 Å². The van der Waals surface area contributed by atoms with E-state index in [2.05, 4.69) is 30.9 Å². The van der Waals surface area contributed by atoms with E-state index in [4.69, 9.17) is 10.5 Å². The molecule has 3 nitrogen and oxygen atoms in total. The lowest BCUT2D eigenvalue weighted by Gasteiger charge is -2.42. The fourth-order valence-electron chi connectivity index (χ4n) is 2.90. The summed E-state index contributed by atoms with van der Waals surface area (Å²) in [5.74, 6) is 0.911. The minimum Gasteiger partial charge on any atom is -0.497 e. The number of hydrogen-bond donors (Lipinski definition) is 1. The number of piperidine rings is 1. The highest BCUT2D eigenvalue weighted by Crippen LogP contribution is 2.33.